The van der Waals surface area contributed by atoms with Crippen molar-refractivity contribution in [3.63, 3.8) is 0 Å². The Kier molecular flexibility index (Phi) is 5.76. The van der Waals surface area contributed by atoms with Gasteiger partial charge in [0.25, 0.3) is 0 Å². The van der Waals surface area contributed by atoms with E-state index in [0.717, 1.165) is 18.9 Å². The van der Waals surface area contributed by atoms with E-state index in [1.807, 2.05) is 0 Å². The minimum Gasteiger partial charge on any atom is -0.494 e. The highest BCUT2D eigenvalue weighted by Gasteiger charge is 2.34. The summed E-state index contributed by atoms with van der Waals surface area (Å²) in [6.45, 7) is 0.704. The summed E-state index contributed by atoms with van der Waals surface area (Å²) in [5, 5.41) is 0. The van der Waals surface area contributed by atoms with E-state index in [2.05, 4.69) is 0 Å². The summed E-state index contributed by atoms with van der Waals surface area (Å²) in [6, 6.07) is 3.45. The molecule has 1 heterocycles. The summed E-state index contributed by atoms with van der Waals surface area (Å²) in [5.41, 5.74) is 5.57. The van der Waals surface area contributed by atoms with Crippen LogP contribution in [0.1, 0.15) is 12.8 Å². The lowest BCUT2D eigenvalue weighted by atomic mass is 10.2. The van der Waals surface area contributed by atoms with Crippen LogP contribution in [0, 0.1) is 5.82 Å². The fourth-order valence-electron chi connectivity index (χ4n) is 2.30. The first kappa shape index (κ1) is 17.2. The summed E-state index contributed by atoms with van der Waals surface area (Å²) < 4.78 is 44.6. The zero-order valence-corrected chi connectivity index (χ0v) is 12.7. The molecule has 1 aromatic rings. The smallest absolute Gasteiger partial charge is 0.243 e. The van der Waals surface area contributed by atoms with Crippen LogP contribution in [0.15, 0.2) is 23.1 Å². The number of hydrogen-bond acceptors (Lipinski definition) is 4. The van der Waals surface area contributed by atoms with Gasteiger partial charge in [0.15, 0.2) is 11.6 Å². The maximum atomic E-state index is 13.6. The van der Waals surface area contributed by atoms with Gasteiger partial charge >= 0.3 is 0 Å². The molecule has 1 aliphatic heterocycles. The van der Waals surface area contributed by atoms with Gasteiger partial charge in [-0.3, -0.25) is 0 Å². The standard InChI is InChI=1S/C12H17FN2O3S.ClH/c1-18-12-5-4-10(7-11(12)13)19(16,17)15-6-2-3-9(15)8-14;/h4-5,7,9H,2-3,6,8,14H2,1H3;1H. The first-order chi connectivity index (χ1) is 9.00. The van der Waals surface area contributed by atoms with Crippen molar-refractivity contribution in [3.05, 3.63) is 24.0 Å². The predicted molar refractivity (Wildman–Crippen MR) is 76.2 cm³/mol. The van der Waals surface area contributed by atoms with Crippen molar-refractivity contribution >= 4 is 22.4 Å². The second-order valence-corrected chi connectivity index (χ2v) is 6.33. The summed E-state index contributed by atoms with van der Waals surface area (Å²) >= 11 is 0. The molecule has 0 amide bonds. The van der Waals surface area contributed by atoms with Gasteiger partial charge in [-0.1, -0.05) is 0 Å². The lowest BCUT2D eigenvalue weighted by Gasteiger charge is -2.22. The van der Waals surface area contributed by atoms with E-state index in [9.17, 15) is 12.8 Å². The quantitative estimate of drug-likeness (QED) is 0.908. The molecule has 5 nitrogen and oxygen atoms in total. The van der Waals surface area contributed by atoms with Crippen molar-refractivity contribution in [2.75, 3.05) is 20.2 Å². The average molecular weight is 325 g/mol. The minimum atomic E-state index is -3.69. The molecule has 1 aromatic carbocycles. The van der Waals surface area contributed by atoms with Gasteiger partial charge in [0, 0.05) is 19.1 Å². The van der Waals surface area contributed by atoms with E-state index >= 15 is 0 Å². The molecule has 20 heavy (non-hydrogen) atoms. The first-order valence-electron chi connectivity index (χ1n) is 6.06. The Balaban J connectivity index is 0.00000200. The molecule has 0 aliphatic carbocycles. The largest absolute Gasteiger partial charge is 0.494 e. The zero-order valence-electron chi connectivity index (χ0n) is 11.1. The van der Waals surface area contributed by atoms with E-state index < -0.39 is 15.8 Å². The number of hydrogen-bond donors (Lipinski definition) is 1. The molecule has 1 fully saturated rings. The Morgan fingerprint density at radius 1 is 1.50 bits per heavy atom. The van der Waals surface area contributed by atoms with E-state index in [0.29, 0.717) is 6.54 Å². The average Bonchev–Trinajstić information content (AvgIpc) is 2.87. The lowest BCUT2D eigenvalue weighted by molar-refractivity contribution is 0.382. The third-order valence-corrected chi connectivity index (χ3v) is 5.27. The first-order valence-corrected chi connectivity index (χ1v) is 7.50. The number of sulfonamides is 1. The van der Waals surface area contributed by atoms with Gasteiger partial charge in [-0.2, -0.15) is 4.31 Å². The number of benzene rings is 1. The van der Waals surface area contributed by atoms with Gasteiger partial charge in [0.05, 0.1) is 12.0 Å². The van der Waals surface area contributed by atoms with Gasteiger partial charge in [-0.15, -0.1) is 12.4 Å². The van der Waals surface area contributed by atoms with Gasteiger partial charge in [0.1, 0.15) is 0 Å². The van der Waals surface area contributed by atoms with E-state index in [1.165, 1.54) is 23.5 Å². The molecule has 114 valence electrons. The number of ether oxygens (including phenoxy) is 1. The highest BCUT2D eigenvalue weighted by molar-refractivity contribution is 7.89. The van der Waals surface area contributed by atoms with Crippen LogP contribution < -0.4 is 10.5 Å². The van der Waals surface area contributed by atoms with Gasteiger partial charge < -0.3 is 10.5 Å². The minimum absolute atomic E-state index is 0. The van der Waals surface area contributed by atoms with Crippen LogP contribution in [0.5, 0.6) is 5.75 Å². The monoisotopic (exact) mass is 324 g/mol. The van der Waals surface area contributed by atoms with E-state index in [-0.39, 0.29) is 35.6 Å². The molecule has 1 unspecified atom stereocenters. The summed E-state index contributed by atoms with van der Waals surface area (Å²) in [7, 11) is -2.36. The molecule has 0 spiro atoms. The predicted octanol–water partition coefficient (Wildman–Crippen LogP) is 1.37. The lowest BCUT2D eigenvalue weighted by Crippen LogP contribution is -2.39. The fourth-order valence-corrected chi connectivity index (χ4v) is 4.02. The Labute approximate surface area is 124 Å². The number of rotatable bonds is 4. The van der Waals surface area contributed by atoms with Crippen molar-refractivity contribution in [1.82, 2.24) is 4.31 Å². The van der Waals surface area contributed by atoms with Gasteiger partial charge in [-0.25, -0.2) is 12.8 Å². The Bertz CT molecular complexity index is 568. The van der Waals surface area contributed by atoms with Crippen molar-refractivity contribution in [1.29, 1.82) is 0 Å². The Morgan fingerprint density at radius 2 is 2.20 bits per heavy atom. The molecule has 8 heteroatoms. The maximum Gasteiger partial charge on any atom is 0.243 e. The van der Waals surface area contributed by atoms with Crippen molar-refractivity contribution in [3.8, 4) is 5.75 Å². The van der Waals surface area contributed by atoms with Crippen molar-refractivity contribution < 1.29 is 17.5 Å². The third kappa shape index (κ3) is 3.06. The highest BCUT2D eigenvalue weighted by atomic mass is 35.5. The number of methoxy groups -OCH3 is 1. The molecule has 0 saturated carbocycles. The molecule has 1 saturated heterocycles. The molecule has 0 aromatic heterocycles. The third-order valence-electron chi connectivity index (χ3n) is 3.33. The van der Waals surface area contributed by atoms with Crippen LogP contribution in [0.3, 0.4) is 0 Å². The van der Waals surface area contributed by atoms with Crippen molar-refractivity contribution in [2.24, 2.45) is 5.73 Å². The molecule has 0 radical (unpaired) electrons. The summed E-state index contributed by atoms with van der Waals surface area (Å²) in [4.78, 5) is -0.0637. The second kappa shape index (κ2) is 6.71. The molecule has 0 bridgehead atoms. The maximum absolute atomic E-state index is 13.6. The van der Waals surface area contributed by atoms with Crippen LogP contribution in [0.4, 0.5) is 4.39 Å². The number of nitrogens with two attached hydrogens (primary N) is 1. The summed E-state index contributed by atoms with van der Waals surface area (Å²) in [6.07, 6.45) is 1.52. The van der Waals surface area contributed by atoms with Crippen LogP contribution >= 0.6 is 12.4 Å². The van der Waals surface area contributed by atoms with E-state index in [1.54, 1.807) is 0 Å². The number of halogens is 2. The highest BCUT2D eigenvalue weighted by Crippen LogP contribution is 2.28. The van der Waals surface area contributed by atoms with Crippen LogP contribution in [0.25, 0.3) is 0 Å². The normalized spacial score (nSPS) is 19.6. The van der Waals surface area contributed by atoms with E-state index in [4.69, 9.17) is 10.5 Å². The molecular formula is C12H18ClFN2O3S. The molecular weight excluding hydrogens is 307 g/mol. The van der Waals surface area contributed by atoms with Gasteiger partial charge in [0.2, 0.25) is 10.0 Å². The fraction of sp³-hybridized carbons (Fsp3) is 0.500. The zero-order chi connectivity index (χ0) is 14.0. The second-order valence-electron chi connectivity index (χ2n) is 4.44. The van der Waals surface area contributed by atoms with Gasteiger partial charge in [-0.05, 0) is 31.0 Å². The summed E-state index contributed by atoms with van der Waals surface area (Å²) in [5.74, 6) is -0.664. The van der Waals surface area contributed by atoms with Crippen LogP contribution in [-0.2, 0) is 10.0 Å². The number of nitrogens with zero attached hydrogens (tertiary/aromatic N) is 1. The molecule has 1 aliphatic rings. The molecule has 2 N–H and O–H groups in total. The molecule has 1 atom stereocenters. The SMILES string of the molecule is COc1ccc(S(=O)(=O)N2CCCC2CN)cc1F.Cl. The Morgan fingerprint density at radius 3 is 2.75 bits per heavy atom. The topological polar surface area (TPSA) is 72.6 Å². The van der Waals surface area contributed by atoms with Crippen molar-refractivity contribution in [2.45, 2.75) is 23.8 Å². The Hall–Kier alpha value is -0.890. The van der Waals surface area contributed by atoms with Crippen LogP contribution in [0.2, 0.25) is 0 Å². The van der Waals surface area contributed by atoms with Crippen LogP contribution in [-0.4, -0.2) is 39.0 Å². The molecule has 2 rings (SSSR count).